The molecule has 1 amide bonds. The number of esters is 1. The molecular weight excluding hydrogens is 218 g/mol. The molecule has 0 rings (SSSR count). The summed E-state index contributed by atoms with van der Waals surface area (Å²) in [6.07, 6.45) is 1.48. The summed E-state index contributed by atoms with van der Waals surface area (Å²) in [4.78, 5) is 22.9. The van der Waals surface area contributed by atoms with Crippen LogP contribution in [0, 0.1) is 11.8 Å². The van der Waals surface area contributed by atoms with Crippen molar-refractivity contribution in [3.8, 4) is 0 Å². The van der Waals surface area contributed by atoms with Crippen LogP contribution in [0.4, 0.5) is 0 Å². The first-order chi connectivity index (χ1) is 7.86. The fraction of sp³-hybridized carbons (Fsp3) is 0.846. The number of hydrogen-bond acceptors (Lipinski definition) is 3. The van der Waals surface area contributed by atoms with E-state index in [-0.39, 0.29) is 11.9 Å². The van der Waals surface area contributed by atoms with Crippen molar-refractivity contribution in [1.82, 2.24) is 5.32 Å². The molecule has 4 nitrogen and oxygen atoms in total. The number of carbonyl (C=O) groups excluding carboxylic acids is 2. The molecule has 0 heterocycles. The molecule has 0 unspecified atom stereocenters. The SMILES string of the molecule is CCOC(=O)[C@@H](C)NC(=O)C[C@H](C)CC(C)C. The maximum absolute atomic E-state index is 11.6. The van der Waals surface area contributed by atoms with Crippen molar-refractivity contribution in [3.63, 3.8) is 0 Å². The highest BCUT2D eigenvalue weighted by molar-refractivity contribution is 5.84. The van der Waals surface area contributed by atoms with E-state index in [4.69, 9.17) is 4.74 Å². The highest BCUT2D eigenvalue weighted by atomic mass is 16.5. The number of amides is 1. The van der Waals surface area contributed by atoms with Gasteiger partial charge in [-0.05, 0) is 32.1 Å². The highest BCUT2D eigenvalue weighted by Gasteiger charge is 2.18. The third kappa shape index (κ3) is 7.77. The molecule has 100 valence electrons. The number of ether oxygens (including phenoxy) is 1. The van der Waals surface area contributed by atoms with Gasteiger partial charge in [0.05, 0.1) is 6.61 Å². The molecule has 0 bridgehead atoms. The summed E-state index contributed by atoms with van der Waals surface area (Å²) in [5.41, 5.74) is 0. The van der Waals surface area contributed by atoms with Gasteiger partial charge in [0.15, 0.2) is 0 Å². The van der Waals surface area contributed by atoms with Gasteiger partial charge < -0.3 is 10.1 Å². The highest BCUT2D eigenvalue weighted by Crippen LogP contribution is 2.14. The van der Waals surface area contributed by atoms with Crippen LogP contribution in [0.1, 0.15) is 47.5 Å². The molecule has 0 aliphatic carbocycles. The lowest BCUT2D eigenvalue weighted by Gasteiger charge is -2.16. The second-order valence-electron chi connectivity index (χ2n) is 4.98. The molecule has 17 heavy (non-hydrogen) atoms. The molecule has 0 aromatic carbocycles. The van der Waals surface area contributed by atoms with Gasteiger partial charge in [0.25, 0.3) is 0 Å². The third-order valence-corrected chi connectivity index (χ3v) is 2.43. The Labute approximate surface area is 104 Å². The van der Waals surface area contributed by atoms with Gasteiger partial charge in [-0.1, -0.05) is 20.8 Å². The number of nitrogens with one attached hydrogen (secondary N) is 1. The van der Waals surface area contributed by atoms with E-state index < -0.39 is 6.04 Å². The van der Waals surface area contributed by atoms with Gasteiger partial charge in [-0.2, -0.15) is 0 Å². The molecule has 2 atom stereocenters. The van der Waals surface area contributed by atoms with Crippen molar-refractivity contribution in [1.29, 1.82) is 0 Å². The van der Waals surface area contributed by atoms with Gasteiger partial charge in [0.2, 0.25) is 5.91 Å². The van der Waals surface area contributed by atoms with Crippen LogP contribution in [-0.4, -0.2) is 24.5 Å². The van der Waals surface area contributed by atoms with E-state index in [1.807, 2.05) is 0 Å². The van der Waals surface area contributed by atoms with Crippen LogP contribution in [0.15, 0.2) is 0 Å². The van der Waals surface area contributed by atoms with Gasteiger partial charge in [-0.3, -0.25) is 4.79 Å². The average Bonchev–Trinajstić information content (AvgIpc) is 2.15. The Hall–Kier alpha value is -1.06. The quantitative estimate of drug-likeness (QED) is 0.697. The summed E-state index contributed by atoms with van der Waals surface area (Å²) < 4.78 is 4.82. The van der Waals surface area contributed by atoms with Gasteiger partial charge in [-0.15, -0.1) is 0 Å². The molecule has 1 N–H and O–H groups in total. The first-order valence-corrected chi connectivity index (χ1v) is 6.32. The van der Waals surface area contributed by atoms with Gasteiger partial charge in [-0.25, -0.2) is 4.79 Å². The molecular formula is C13H25NO3. The minimum atomic E-state index is -0.561. The summed E-state index contributed by atoms with van der Waals surface area (Å²) in [6.45, 7) is 10.0. The normalized spacial score (nSPS) is 14.2. The van der Waals surface area contributed by atoms with Crippen molar-refractivity contribution >= 4 is 11.9 Å². The largest absolute Gasteiger partial charge is 0.464 e. The van der Waals surface area contributed by atoms with Gasteiger partial charge >= 0.3 is 5.97 Å². The Bertz CT molecular complexity index is 251. The molecule has 4 heteroatoms. The summed E-state index contributed by atoms with van der Waals surface area (Å²) in [5.74, 6) is 0.459. The van der Waals surface area contributed by atoms with Gasteiger partial charge in [0, 0.05) is 6.42 Å². The van der Waals surface area contributed by atoms with E-state index >= 15 is 0 Å². The van der Waals surface area contributed by atoms with E-state index in [9.17, 15) is 9.59 Å². The Balaban J connectivity index is 3.96. The zero-order chi connectivity index (χ0) is 13.4. The van der Waals surface area contributed by atoms with Crippen LogP contribution in [0.3, 0.4) is 0 Å². The molecule has 0 fully saturated rings. The van der Waals surface area contributed by atoms with Gasteiger partial charge in [0.1, 0.15) is 6.04 Å². The van der Waals surface area contributed by atoms with E-state index in [1.165, 1.54) is 0 Å². The Morgan fingerprint density at radius 1 is 1.18 bits per heavy atom. The van der Waals surface area contributed by atoms with Crippen molar-refractivity contribution in [2.24, 2.45) is 11.8 Å². The van der Waals surface area contributed by atoms with E-state index in [1.54, 1.807) is 13.8 Å². The Morgan fingerprint density at radius 3 is 2.24 bits per heavy atom. The number of rotatable bonds is 7. The fourth-order valence-electron chi connectivity index (χ4n) is 1.83. The Kier molecular flexibility index (Phi) is 7.59. The zero-order valence-corrected chi connectivity index (χ0v) is 11.6. The Morgan fingerprint density at radius 2 is 1.76 bits per heavy atom. The zero-order valence-electron chi connectivity index (χ0n) is 11.6. The maximum Gasteiger partial charge on any atom is 0.328 e. The van der Waals surface area contributed by atoms with E-state index in [2.05, 4.69) is 26.1 Å². The lowest BCUT2D eigenvalue weighted by molar-refractivity contribution is -0.147. The molecule has 0 radical (unpaired) electrons. The first kappa shape index (κ1) is 15.9. The summed E-state index contributed by atoms with van der Waals surface area (Å²) in [5, 5.41) is 2.66. The molecule has 0 aromatic rings. The standard InChI is InChI=1S/C13H25NO3/c1-6-17-13(16)11(5)14-12(15)8-10(4)7-9(2)3/h9-11H,6-8H2,1-5H3,(H,14,15)/t10-,11-/m1/s1. The van der Waals surface area contributed by atoms with Crippen molar-refractivity contribution in [2.45, 2.75) is 53.5 Å². The lowest BCUT2D eigenvalue weighted by Crippen LogP contribution is -2.40. The van der Waals surface area contributed by atoms with Crippen molar-refractivity contribution in [3.05, 3.63) is 0 Å². The van der Waals surface area contributed by atoms with Crippen LogP contribution in [0.25, 0.3) is 0 Å². The summed E-state index contributed by atoms with van der Waals surface area (Å²) in [6, 6.07) is -0.561. The molecule has 0 saturated heterocycles. The van der Waals surface area contributed by atoms with Crippen LogP contribution < -0.4 is 5.32 Å². The molecule has 0 spiro atoms. The smallest absolute Gasteiger partial charge is 0.328 e. The monoisotopic (exact) mass is 243 g/mol. The van der Waals surface area contributed by atoms with Crippen LogP contribution in [-0.2, 0) is 14.3 Å². The first-order valence-electron chi connectivity index (χ1n) is 6.32. The summed E-state index contributed by atoms with van der Waals surface area (Å²) in [7, 11) is 0. The molecule has 0 aliphatic heterocycles. The van der Waals surface area contributed by atoms with Crippen LogP contribution in [0.5, 0.6) is 0 Å². The topological polar surface area (TPSA) is 55.4 Å². The minimum absolute atomic E-state index is 0.0845. The number of carbonyl (C=O) groups is 2. The predicted molar refractivity (Wildman–Crippen MR) is 67.5 cm³/mol. The minimum Gasteiger partial charge on any atom is -0.464 e. The summed E-state index contributed by atoms with van der Waals surface area (Å²) >= 11 is 0. The lowest BCUT2D eigenvalue weighted by atomic mass is 9.96. The molecule has 0 aromatic heterocycles. The van der Waals surface area contributed by atoms with Crippen molar-refractivity contribution in [2.75, 3.05) is 6.61 Å². The second-order valence-corrected chi connectivity index (χ2v) is 4.98. The van der Waals surface area contributed by atoms with E-state index in [0.29, 0.717) is 24.9 Å². The van der Waals surface area contributed by atoms with Crippen LogP contribution in [0.2, 0.25) is 0 Å². The molecule has 0 saturated carbocycles. The molecule has 0 aliphatic rings. The average molecular weight is 243 g/mol. The predicted octanol–water partition coefficient (Wildman–Crippen LogP) is 2.13. The van der Waals surface area contributed by atoms with Crippen molar-refractivity contribution < 1.29 is 14.3 Å². The van der Waals surface area contributed by atoms with Crippen LogP contribution >= 0.6 is 0 Å². The maximum atomic E-state index is 11.6. The number of hydrogen-bond donors (Lipinski definition) is 1. The third-order valence-electron chi connectivity index (χ3n) is 2.43. The second kappa shape index (κ2) is 8.09. The van der Waals surface area contributed by atoms with E-state index in [0.717, 1.165) is 6.42 Å². The fourth-order valence-corrected chi connectivity index (χ4v) is 1.83.